The van der Waals surface area contributed by atoms with Crippen molar-refractivity contribution in [3.63, 3.8) is 0 Å². The van der Waals surface area contributed by atoms with Crippen LogP contribution in [0.5, 0.6) is 0 Å². The van der Waals surface area contributed by atoms with E-state index < -0.39 is 0 Å². The third-order valence-corrected chi connectivity index (χ3v) is 4.50. The lowest BCUT2D eigenvalue weighted by atomic mass is 9.96. The highest BCUT2D eigenvalue weighted by atomic mass is 16.5. The van der Waals surface area contributed by atoms with E-state index in [1.54, 1.807) is 0 Å². The zero-order valence-corrected chi connectivity index (χ0v) is 13.6. The number of nitrogens with zero attached hydrogens (tertiary/aromatic N) is 2. The second kappa shape index (κ2) is 7.63. The summed E-state index contributed by atoms with van der Waals surface area (Å²) in [6.07, 6.45) is 6.45. The van der Waals surface area contributed by atoms with E-state index in [1.165, 1.54) is 37.7 Å². The van der Waals surface area contributed by atoms with Crippen LogP contribution in [0.4, 0.5) is 5.69 Å². The van der Waals surface area contributed by atoms with Crippen LogP contribution in [0.2, 0.25) is 0 Å². The van der Waals surface area contributed by atoms with E-state index in [2.05, 4.69) is 41.4 Å². The first kappa shape index (κ1) is 15.3. The Morgan fingerprint density at radius 1 is 1.09 bits per heavy atom. The van der Waals surface area contributed by atoms with Gasteiger partial charge < -0.3 is 15.0 Å². The van der Waals surface area contributed by atoms with Crippen LogP contribution in [0.1, 0.15) is 37.7 Å². The highest BCUT2D eigenvalue weighted by molar-refractivity contribution is 5.93. The van der Waals surface area contributed by atoms with E-state index in [4.69, 9.17) is 9.73 Å². The molecule has 22 heavy (non-hydrogen) atoms. The Morgan fingerprint density at radius 2 is 1.77 bits per heavy atom. The average Bonchev–Trinajstić information content (AvgIpc) is 2.58. The Balaban J connectivity index is 1.75. The number of benzene rings is 1. The molecule has 4 nitrogen and oxygen atoms in total. The molecular formula is C18H27N3O. The number of hydrogen-bond donors (Lipinski definition) is 1. The van der Waals surface area contributed by atoms with Gasteiger partial charge in [-0.25, -0.2) is 4.99 Å². The smallest absolute Gasteiger partial charge is 0.198 e. The van der Waals surface area contributed by atoms with E-state index in [-0.39, 0.29) is 0 Å². The molecule has 1 aromatic rings. The van der Waals surface area contributed by atoms with Crippen LogP contribution < -0.4 is 5.32 Å². The highest BCUT2D eigenvalue weighted by Gasteiger charge is 2.19. The molecule has 0 spiro atoms. The van der Waals surface area contributed by atoms with Crippen molar-refractivity contribution in [1.82, 2.24) is 4.90 Å². The molecule has 1 N–H and O–H groups in total. The molecule has 4 heteroatoms. The van der Waals surface area contributed by atoms with Crippen molar-refractivity contribution < 1.29 is 4.74 Å². The predicted octanol–water partition coefficient (Wildman–Crippen LogP) is 3.43. The minimum absolute atomic E-state index is 0.476. The number of nitrogens with one attached hydrogen (secondary N) is 1. The molecule has 0 amide bonds. The lowest BCUT2D eigenvalue weighted by Crippen LogP contribution is -2.44. The Kier molecular flexibility index (Phi) is 5.33. The molecule has 0 radical (unpaired) electrons. The van der Waals surface area contributed by atoms with Gasteiger partial charge in [-0.05, 0) is 31.9 Å². The van der Waals surface area contributed by atoms with Crippen LogP contribution in [-0.4, -0.2) is 43.2 Å². The fourth-order valence-electron chi connectivity index (χ4n) is 3.12. The van der Waals surface area contributed by atoms with E-state index >= 15 is 0 Å². The first-order valence-electron chi connectivity index (χ1n) is 8.55. The molecule has 0 aromatic heterocycles. The number of aryl methyl sites for hydroxylation is 1. The van der Waals surface area contributed by atoms with Crippen LogP contribution in [0.25, 0.3) is 0 Å². The molecule has 2 fully saturated rings. The molecule has 0 atom stereocenters. The lowest BCUT2D eigenvalue weighted by Gasteiger charge is -2.31. The molecule has 120 valence electrons. The molecule has 2 aliphatic rings. The summed E-state index contributed by atoms with van der Waals surface area (Å²) in [5.41, 5.74) is 2.40. The largest absolute Gasteiger partial charge is 0.378 e. The van der Waals surface area contributed by atoms with Gasteiger partial charge in [-0.1, -0.05) is 37.0 Å². The van der Waals surface area contributed by atoms with Crippen LogP contribution in [0.15, 0.2) is 29.3 Å². The van der Waals surface area contributed by atoms with Gasteiger partial charge in [-0.15, -0.1) is 0 Å². The second-order valence-electron chi connectivity index (χ2n) is 6.33. The quantitative estimate of drug-likeness (QED) is 0.671. The van der Waals surface area contributed by atoms with Crippen molar-refractivity contribution in [3.8, 4) is 0 Å². The van der Waals surface area contributed by atoms with Crippen molar-refractivity contribution in [2.75, 3.05) is 31.6 Å². The third-order valence-electron chi connectivity index (χ3n) is 4.50. The number of guanidine groups is 1. The number of hydrogen-bond acceptors (Lipinski definition) is 2. The van der Waals surface area contributed by atoms with E-state index in [1.807, 2.05) is 0 Å². The zero-order valence-electron chi connectivity index (χ0n) is 13.6. The fourth-order valence-corrected chi connectivity index (χ4v) is 3.12. The maximum atomic E-state index is 5.48. The normalized spacial score (nSPS) is 21.0. The minimum Gasteiger partial charge on any atom is -0.378 e. The van der Waals surface area contributed by atoms with Crippen LogP contribution in [0, 0.1) is 6.92 Å². The molecular weight excluding hydrogens is 274 g/mol. The first-order valence-corrected chi connectivity index (χ1v) is 8.55. The van der Waals surface area contributed by atoms with Gasteiger partial charge in [0.1, 0.15) is 0 Å². The molecule has 1 aliphatic carbocycles. The summed E-state index contributed by atoms with van der Waals surface area (Å²) >= 11 is 0. The van der Waals surface area contributed by atoms with E-state index in [0.29, 0.717) is 6.04 Å². The summed E-state index contributed by atoms with van der Waals surface area (Å²) in [6, 6.07) is 9.02. The maximum absolute atomic E-state index is 5.48. The Morgan fingerprint density at radius 3 is 2.45 bits per heavy atom. The summed E-state index contributed by atoms with van der Waals surface area (Å²) in [5, 5.41) is 3.54. The number of anilines is 1. The topological polar surface area (TPSA) is 36.9 Å². The second-order valence-corrected chi connectivity index (χ2v) is 6.33. The van der Waals surface area contributed by atoms with Crippen LogP contribution in [-0.2, 0) is 4.74 Å². The standard InChI is InChI=1S/C18H27N3O/c1-15-7-9-17(10-8-15)20-18(21-11-13-22-14-12-21)19-16-5-3-2-4-6-16/h7-10,16H,2-6,11-14H2,1H3,(H,19,20). The van der Waals surface area contributed by atoms with Crippen molar-refractivity contribution in [1.29, 1.82) is 0 Å². The minimum atomic E-state index is 0.476. The van der Waals surface area contributed by atoms with Crippen molar-refractivity contribution in [2.45, 2.75) is 45.1 Å². The number of ether oxygens (including phenoxy) is 1. The van der Waals surface area contributed by atoms with Gasteiger partial charge in [0.15, 0.2) is 5.96 Å². The molecule has 1 aliphatic heterocycles. The Hall–Kier alpha value is -1.55. The van der Waals surface area contributed by atoms with Gasteiger partial charge in [0.2, 0.25) is 0 Å². The average molecular weight is 301 g/mol. The summed E-state index contributed by atoms with van der Waals surface area (Å²) in [4.78, 5) is 7.38. The molecule has 0 bridgehead atoms. The van der Waals surface area contributed by atoms with E-state index in [0.717, 1.165) is 38.0 Å². The molecule has 3 rings (SSSR count). The van der Waals surface area contributed by atoms with Crippen LogP contribution in [0.3, 0.4) is 0 Å². The molecule has 1 aromatic carbocycles. The van der Waals surface area contributed by atoms with Crippen molar-refractivity contribution >= 4 is 11.6 Å². The molecule has 1 saturated carbocycles. The molecule has 1 heterocycles. The fraction of sp³-hybridized carbons (Fsp3) is 0.611. The van der Waals surface area contributed by atoms with Gasteiger partial charge in [-0.3, -0.25) is 0 Å². The SMILES string of the molecule is Cc1ccc(NC(=NC2CCCCC2)N2CCOCC2)cc1. The van der Waals surface area contributed by atoms with Gasteiger partial charge in [0.25, 0.3) is 0 Å². The summed E-state index contributed by atoms with van der Waals surface area (Å²) in [5.74, 6) is 1.03. The summed E-state index contributed by atoms with van der Waals surface area (Å²) in [7, 11) is 0. The van der Waals surface area contributed by atoms with Gasteiger partial charge in [-0.2, -0.15) is 0 Å². The number of rotatable bonds is 2. The summed E-state index contributed by atoms with van der Waals surface area (Å²) < 4.78 is 5.48. The lowest BCUT2D eigenvalue weighted by molar-refractivity contribution is 0.0677. The Labute approximate surface area is 133 Å². The molecule has 1 saturated heterocycles. The highest BCUT2D eigenvalue weighted by Crippen LogP contribution is 2.21. The van der Waals surface area contributed by atoms with Crippen LogP contribution >= 0.6 is 0 Å². The monoisotopic (exact) mass is 301 g/mol. The van der Waals surface area contributed by atoms with Gasteiger partial charge in [0.05, 0.1) is 19.3 Å². The summed E-state index contributed by atoms with van der Waals surface area (Å²) in [6.45, 7) is 5.54. The maximum Gasteiger partial charge on any atom is 0.198 e. The Bertz CT molecular complexity index is 486. The predicted molar refractivity (Wildman–Crippen MR) is 91.5 cm³/mol. The van der Waals surface area contributed by atoms with Gasteiger partial charge in [0, 0.05) is 18.8 Å². The van der Waals surface area contributed by atoms with Gasteiger partial charge >= 0.3 is 0 Å². The zero-order chi connectivity index (χ0) is 15.2. The van der Waals surface area contributed by atoms with E-state index in [9.17, 15) is 0 Å². The number of aliphatic imine (C=N–C) groups is 1. The molecule has 0 unspecified atom stereocenters. The van der Waals surface area contributed by atoms with Crippen molar-refractivity contribution in [3.05, 3.63) is 29.8 Å². The first-order chi connectivity index (χ1) is 10.8. The number of morpholine rings is 1. The van der Waals surface area contributed by atoms with Crippen molar-refractivity contribution in [2.24, 2.45) is 4.99 Å². The third kappa shape index (κ3) is 4.23.